The maximum Gasteiger partial charge on any atom is 0.337 e. The second kappa shape index (κ2) is 8.87. The van der Waals surface area contributed by atoms with Crippen LogP contribution in [0.2, 0.25) is 0 Å². The number of halogens is 1. The number of carbonyl (C=O) groups excluding carboxylic acids is 1. The van der Waals surface area contributed by atoms with Gasteiger partial charge in [-0.05, 0) is 61.2 Å². The number of rotatable bonds is 4. The van der Waals surface area contributed by atoms with Crippen molar-refractivity contribution in [3.8, 4) is 22.5 Å². The maximum atomic E-state index is 14.3. The third-order valence-corrected chi connectivity index (χ3v) is 6.33. The number of anilines is 1. The highest BCUT2D eigenvalue weighted by atomic mass is 19.1. The van der Waals surface area contributed by atoms with E-state index < -0.39 is 5.97 Å². The molecule has 8 heteroatoms. The Labute approximate surface area is 196 Å². The zero-order valence-electron chi connectivity index (χ0n) is 19.1. The predicted molar refractivity (Wildman–Crippen MR) is 130 cm³/mol. The Kier molecular flexibility index (Phi) is 5.75. The number of nitrogens with two attached hydrogens (primary N) is 1. The highest BCUT2D eigenvalue weighted by Crippen LogP contribution is 2.39. The molecule has 0 aliphatic carbocycles. The summed E-state index contributed by atoms with van der Waals surface area (Å²) in [4.78, 5) is 17.6. The summed E-state index contributed by atoms with van der Waals surface area (Å²) in [6.45, 7) is 3.42. The van der Waals surface area contributed by atoms with Gasteiger partial charge in [0, 0.05) is 35.6 Å². The first kappa shape index (κ1) is 22.0. The van der Waals surface area contributed by atoms with Crippen LogP contribution in [0.15, 0.2) is 48.7 Å². The van der Waals surface area contributed by atoms with Crippen molar-refractivity contribution in [1.82, 2.24) is 15.2 Å². The van der Waals surface area contributed by atoms with E-state index in [1.165, 1.54) is 19.2 Å². The first-order valence-corrected chi connectivity index (χ1v) is 11.3. The zero-order valence-corrected chi connectivity index (χ0v) is 19.1. The minimum atomic E-state index is -0.397. The number of esters is 1. The molecule has 0 radical (unpaired) electrons. The molecule has 3 heterocycles. The number of benzene rings is 2. The molecule has 2 aromatic carbocycles. The van der Waals surface area contributed by atoms with Crippen LogP contribution in [-0.2, 0) is 4.74 Å². The normalized spacial score (nSPS) is 14.5. The Hall–Kier alpha value is -3.78. The SMILES string of the molecule is COC(=O)c1ccc2cc(-c3nncc(-c4cc(C)cc(F)c4)c3N3CCC(N)CC3)[nH]c2c1. The number of methoxy groups -OCH3 is 1. The van der Waals surface area contributed by atoms with E-state index in [2.05, 4.69) is 20.1 Å². The number of piperidine rings is 1. The Morgan fingerprint density at radius 1 is 1.18 bits per heavy atom. The molecule has 1 aliphatic heterocycles. The fourth-order valence-corrected chi connectivity index (χ4v) is 4.61. The highest BCUT2D eigenvalue weighted by Gasteiger charge is 2.25. The molecule has 3 N–H and O–H groups in total. The average Bonchev–Trinajstić information content (AvgIpc) is 3.26. The van der Waals surface area contributed by atoms with Gasteiger partial charge in [-0.25, -0.2) is 9.18 Å². The molecule has 1 saturated heterocycles. The molecule has 5 rings (SSSR count). The third kappa shape index (κ3) is 4.12. The lowest BCUT2D eigenvalue weighted by atomic mass is 9.98. The quantitative estimate of drug-likeness (QED) is 0.438. The first-order chi connectivity index (χ1) is 16.4. The summed E-state index contributed by atoms with van der Waals surface area (Å²) < 4.78 is 19.2. The van der Waals surface area contributed by atoms with Crippen molar-refractivity contribution in [3.05, 3.63) is 65.6 Å². The van der Waals surface area contributed by atoms with Crippen LogP contribution < -0.4 is 10.6 Å². The van der Waals surface area contributed by atoms with E-state index in [1.54, 1.807) is 18.3 Å². The lowest BCUT2D eigenvalue weighted by molar-refractivity contribution is 0.0601. The zero-order chi connectivity index (χ0) is 23.8. The smallest absolute Gasteiger partial charge is 0.337 e. The minimum absolute atomic E-state index is 0.166. The number of hydrogen-bond acceptors (Lipinski definition) is 6. The van der Waals surface area contributed by atoms with Crippen LogP contribution in [0.1, 0.15) is 28.8 Å². The van der Waals surface area contributed by atoms with Gasteiger partial charge in [-0.15, -0.1) is 5.10 Å². The number of H-pyrrole nitrogens is 1. The third-order valence-electron chi connectivity index (χ3n) is 6.33. The Morgan fingerprint density at radius 2 is 1.97 bits per heavy atom. The molecule has 0 unspecified atom stereocenters. The molecule has 4 aromatic rings. The number of aromatic nitrogens is 3. The van der Waals surface area contributed by atoms with Crippen LogP contribution in [0.5, 0.6) is 0 Å². The van der Waals surface area contributed by atoms with Crippen molar-refractivity contribution in [3.63, 3.8) is 0 Å². The number of hydrogen-bond donors (Lipinski definition) is 2. The maximum absolute atomic E-state index is 14.3. The van der Waals surface area contributed by atoms with Gasteiger partial charge in [0.15, 0.2) is 0 Å². The van der Waals surface area contributed by atoms with Gasteiger partial charge in [-0.3, -0.25) is 0 Å². The fourth-order valence-electron chi connectivity index (χ4n) is 4.61. The molecule has 1 fully saturated rings. The number of carbonyl (C=O) groups is 1. The summed E-state index contributed by atoms with van der Waals surface area (Å²) in [6.07, 6.45) is 3.41. The highest BCUT2D eigenvalue weighted by molar-refractivity contribution is 5.97. The van der Waals surface area contributed by atoms with Gasteiger partial charge >= 0.3 is 5.97 Å². The van der Waals surface area contributed by atoms with E-state index in [0.717, 1.165) is 64.9 Å². The fraction of sp³-hybridized carbons (Fsp3) is 0.269. The molecular formula is C26H26FN5O2. The first-order valence-electron chi connectivity index (χ1n) is 11.3. The molecule has 174 valence electrons. The van der Waals surface area contributed by atoms with Crippen molar-refractivity contribution >= 4 is 22.6 Å². The van der Waals surface area contributed by atoms with Crippen LogP contribution in [0, 0.1) is 12.7 Å². The lowest BCUT2D eigenvalue weighted by Crippen LogP contribution is -2.40. The van der Waals surface area contributed by atoms with E-state index in [1.807, 2.05) is 25.1 Å². The van der Waals surface area contributed by atoms with Gasteiger partial charge in [0.1, 0.15) is 11.5 Å². The summed E-state index contributed by atoms with van der Waals surface area (Å²) in [7, 11) is 1.36. The second-order valence-electron chi connectivity index (χ2n) is 8.77. The van der Waals surface area contributed by atoms with Crippen LogP contribution in [0.4, 0.5) is 10.1 Å². The molecular weight excluding hydrogens is 433 g/mol. The summed E-state index contributed by atoms with van der Waals surface area (Å²) in [6, 6.07) is 12.5. The minimum Gasteiger partial charge on any atom is -0.465 e. The van der Waals surface area contributed by atoms with Crippen LogP contribution in [0.3, 0.4) is 0 Å². The van der Waals surface area contributed by atoms with Gasteiger partial charge in [-0.2, -0.15) is 5.10 Å². The van der Waals surface area contributed by atoms with Gasteiger partial charge < -0.3 is 20.4 Å². The number of nitrogens with zero attached hydrogens (tertiary/aromatic N) is 3. The standard InChI is InChI=1S/C26H26FN5O2/c1-15-9-18(11-19(27)10-15)21-14-29-31-24(25(21)32-7-5-20(28)6-8-32)23-12-16-3-4-17(26(33)34-2)13-22(16)30-23/h3-4,9-14,20,30H,5-8,28H2,1-2H3. The Bertz CT molecular complexity index is 1350. The summed E-state index contributed by atoms with van der Waals surface area (Å²) in [5, 5.41) is 9.72. The molecule has 0 amide bonds. The largest absolute Gasteiger partial charge is 0.465 e. The number of nitrogens with one attached hydrogen (secondary N) is 1. The molecule has 2 aromatic heterocycles. The number of fused-ring (bicyclic) bond motifs is 1. The van der Waals surface area contributed by atoms with Crippen molar-refractivity contribution in [2.45, 2.75) is 25.8 Å². The van der Waals surface area contributed by atoms with Gasteiger partial charge in [0.05, 0.1) is 30.3 Å². The summed E-state index contributed by atoms with van der Waals surface area (Å²) in [5.74, 6) is -0.687. The average molecular weight is 460 g/mol. The Morgan fingerprint density at radius 3 is 2.71 bits per heavy atom. The molecule has 1 aliphatic rings. The van der Waals surface area contributed by atoms with Crippen molar-refractivity contribution in [2.24, 2.45) is 5.73 Å². The van der Waals surface area contributed by atoms with Crippen molar-refractivity contribution in [1.29, 1.82) is 0 Å². The van der Waals surface area contributed by atoms with E-state index in [4.69, 9.17) is 10.5 Å². The van der Waals surface area contributed by atoms with Crippen LogP contribution >= 0.6 is 0 Å². The molecule has 0 atom stereocenters. The predicted octanol–water partition coefficient (Wildman–Crippen LogP) is 4.45. The summed E-state index contributed by atoms with van der Waals surface area (Å²) in [5.41, 5.74) is 12.2. The number of ether oxygens (including phenoxy) is 1. The van der Waals surface area contributed by atoms with Crippen molar-refractivity contribution < 1.29 is 13.9 Å². The number of aromatic amines is 1. The van der Waals surface area contributed by atoms with Gasteiger partial charge in [-0.1, -0.05) is 12.1 Å². The lowest BCUT2D eigenvalue weighted by Gasteiger charge is -2.34. The van der Waals surface area contributed by atoms with Crippen molar-refractivity contribution in [2.75, 3.05) is 25.1 Å². The van der Waals surface area contributed by atoms with Crippen LogP contribution in [0.25, 0.3) is 33.4 Å². The molecule has 0 spiro atoms. The molecule has 7 nitrogen and oxygen atoms in total. The summed E-state index contributed by atoms with van der Waals surface area (Å²) >= 11 is 0. The second-order valence-corrected chi connectivity index (χ2v) is 8.77. The van der Waals surface area contributed by atoms with Gasteiger partial charge in [0.25, 0.3) is 0 Å². The molecule has 0 saturated carbocycles. The van der Waals surface area contributed by atoms with E-state index in [9.17, 15) is 9.18 Å². The monoisotopic (exact) mass is 459 g/mol. The van der Waals surface area contributed by atoms with E-state index in [-0.39, 0.29) is 11.9 Å². The molecule has 34 heavy (non-hydrogen) atoms. The Balaban J connectivity index is 1.68. The van der Waals surface area contributed by atoms with E-state index >= 15 is 0 Å². The van der Waals surface area contributed by atoms with Gasteiger partial charge in [0.2, 0.25) is 0 Å². The van der Waals surface area contributed by atoms with E-state index in [0.29, 0.717) is 11.3 Å². The van der Waals surface area contributed by atoms with Crippen LogP contribution in [-0.4, -0.2) is 47.4 Å². The topological polar surface area (TPSA) is 97.1 Å². The number of aryl methyl sites for hydroxylation is 1. The molecule has 0 bridgehead atoms.